The summed E-state index contributed by atoms with van der Waals surface area (Å²) < 4.78 is 29.1. The van der Waals surface area contributed by atoms with Crippen molar-refractivity contribution in [1.29, 1.82) is 0 Å². The zero-order chi connectivity index (χ0) is 15.6. The van der Waals surface area contributed by atoms with Crippen molar-refractivity contribution < 1.29 is 8.78 Å². The zero-order valence-electron chi connectivity index (χ0n) is 12.8. The van der Waals surface area contributed by atoms with Gasteiger partial charge < -0.3 is 5.32 Å². The summed E-state index contributed by atoms with van der Waals surface area (Å²) in [5, 5.41) is 3.28. The molecule has 1 saturated heterocycles. The highest BCUT2D eigenvalue weighted by molar-refractivity contribution is 9.10. The average molecular weight is 361 g/mol. The largest absolute Gasteiger partial charge is 0.309 e. The van der Waals surface area contributed by atoms with Crippen LogP contribution in [-0.2, 0) is 0 Å². The highest BCUT2D eigenvalue weighted by Gasteiger charge is 2.40. The van der Waals surface area contributed by atoms with Gasteiger partial charge in [0, 0.05) is 11.1 Å². The van der Waals surface area contributed by atoms with Gasteiger partial charge >= 0.3 is 0 Å². The molecule has 5 heteroatoms. The van der Waals surface area contributed by atoms with Crippen LogP contribution in [-0.4, -0.2) is 30.1 Å². The van der Waals surface area contributed by atoms with E-state index >= 15 is 0 Å². The van der Waals surface area contributed by atoms with Gasteiger partial charge in [0.25, 0.3) is 0 Å². The van der Waals surface area contributed by atoms with Crippen molar-refractivity contribution >= 4 is 15.9 Å². The van der Waals surface area contributed by atoms with Crippen LogP contribution in [0.1, 0.15) is 45.2 Å². The Hall–Kier alpha value is -0.520. The number of nitrogens with one attached hydrogen (secondary N) is 1. The molecule has 1 heterocycles. The van der Waals surface area contributed by atoms with Crippen LogP contribution in [0.15, 0.2) is 16.6 Å². The molecule has 1 N–H and O–H groups in total. The van der Waals surface area contributed by atoms with Crippen molar-refractivity contribution in [3.63, 3.8) is 0 Å². The molecule has 0 amide bonds. The molecule has 2 nitrogen and oxygen atoms in total. The van der Waals surface area contributed by atoms with Crippen LogP contribution in [0.3, 0.4) is 0 Å². The van der Waals surface area contributed by atoms with E-state index in [4.69, 9.17) is 0 Å². The van der Waals surface area contributed by atoms with Crippen molar-refractivity contribution in [2.75, 3.05) is 19.6 Å². The second kappa shape index (κ2) is 6.71. The van der Waals surface area contributed by atoms with Crippen LogP contribution in [0.25, 0.3) is 0 Å². The second-order valence-electron chi connectivity index (χ2n) is 6.10. The Morgan fingerprint density at radius 3 is 2.48 bits per heavy atom. The van der Waals surface area contributed by atoms with Crippen LogP contribution in [0, 0.1) is 11.6 Å². The molecule has 0 spiro atoms. The van der Waals surface area contributed by atoms with Crippen molar-refractivity contribution in [2.24, 2.45) is 0 Å². The van der Waals surface area contributed by atoms with Gasteiger partial charge in [0.1, 0.15) is 11.6 Å². The maximum Gasteiger partial charge on any atom is 0.145 e. The molecule has 1 aliphatic heterocycles. The maximum atomic E-state index is 14.5. The fraction of sp³-hybridized carbons (Fsp3) is 0.625. The lowest BCUT2D eigenvalue weighted by molar-refractivity contribution is 0.104. The van der Waals surface area contributed by atoms with Gasteiger partial charge in [-0.05, 0) is 74.4 Å². The summed E-state index contributed by atoms with van der Waals surface area (Å²) in [4.78, 5) is 2.32. The SMILES string of the molecule is CCNC(c1c(F)ccc(Br)c1F)C(C)(C)N1CCCC1. The number of rotatable bonds is 5. The Morgan fingerprint density at radius 1 is 1.29 bits per heavy atom. The third-order valence-corrected chi connectivity index (χ3v) is 5.02. The Balaban J connectivity index is 2.45. The Labute approximate surface area is 134 Å². The quantitative estimate of drug-likeness (QED) is 0.789. The predicted octanol–water partition coefficient (Wildman–Crippen LogP) is 4.25. The Bertz CT molecular complexity index is 499. The summed E-state index contributed by atoms with van der Waals surface area (Å²) in [6.45, 7) is 8.70. The first-order valence-corrected chi connectivity index (χ1v) is 8.30. The number of benzene rings is 1. The van der Waals surface area contributed by atoms with Gasteiger partial charge in [0.05, 0.1) is 10.5 Å². The summed E-state index contributed by atoms with van der Waals surface area (Å²) in [5.74, 6) is -0.998. The van der Waals surface area contributed by atoms with Gasteiger partial charge in [-0.15, -0.1) is 0 Å². The fourth-order valence-corrected chi connectivity index (χ4v) is 3.54. The van der Waals surface area contributed by atoms with Gasteiger partial charge in [-0.25, -0.2) is 8.78 Å². The molecule has 0 radical (unpaired) electrons. The van der Waals surface area contributed by atoms with E-state index in [1.165, 1.54) is 12.1 Å². The number of hydrogen-bond acceptors (Lipinski definition) is 2. The molecule has 21 heavy (non-hydrogen) atoms. The normalized spacial score (nSPS) is 18.2. The van der Waals surface area contributed by atoms with E-state index < -0.39 is 17.7 Å². The Kier molecular flexibility index (Phi) is 5.38. The Morgan fingerprint density at radius 2 is 1.90 bits per heavy atom. The van der Waals surface area contributed by atoms with E-state index in [1.807, 2.05) is 6.92 Å². The van der Waals surface area contributed by atoms with E-state index in [-0.39, 0.29) is 11.1 Å². The smallest absolute Gasteiger partial charge is 0.145 e. The molecule has 2 rings (SSSR count). The lowest BCUT2D eigenvalue weighted by Crippen LogP contribution is -2.52. The average Bonchev–Trinajstić information content (AvgIpc) is 2.97. The number of likely N-dealkylation sites (N-methyl/N-ethyl adjacent to an activating group) is 1. The molecule has 1 aromatic carbocycles. The number of likely N-dealkylation sites (tertiary alicyclic amines) is 1. The van der Waals surface area contributed by atoms with Crippen LogP contribution >= 0.6 is 15.9 Å². The van der Waals surface area contributed by atoms with E-state index in [2.05, 4.69) is 40.0 Å². The number of hydrogen-bond donors (Lipinski definition) is 1. The van der Waals surface area contributed by atoms with Crippen molar-refractivity contribution in [1.82, 2.24) is 10.2 Å². The molecule has 0 bridgehead atoms. The molecule has 118 valence electrons. The summed E-state index contributed by atoms with van der Waals surface area (Å²) in [5.41, 5.74) is -0.224. The van der Waals surface area contributed by atoms with Gasteiger partial charge in [0.2, 0.25) is 0 Å². The summed E-state index contributed by atoms with van der Waals surface area (Å²) in [6, 6.07) is 2.35. The third-order valence-electron chi connectivity index (χ3n) is 4.40. The molecule has 1 fully saturated rings. The fourth-order valence-electron chi connectivity index (χ4n) is 3.19. The van der Waals surface area contributed by atoms with Gasteiger partial charge in [-0.1, -0.05) is 6.92 Å². The molecule has 1 aliphatic rings. The van der Waals surface area contributed by atoms with Gasteiger partial charge in [-0.3, -0.25) is 4.90 Å². The first-order chi connectivity index (χ1) is 9.89. The summed E-state index contributed by atoms with van der Waals surface area (Å²) in [7, 11) is 0. The van der Waals surface area contributed by atoms with Crippen LogP contribution in [0.4, 0.5) is 8.78 Å². The summed E-state index contributed by atoms with van der Waals surface area (Å²) >= 11 is 3.17. The molecule has 1 unspecified atom stereocenters. The number of halogens is 3. The van der Waals surface area contributed by atoms with Crippen LogP contribution in [0.5, 0.6) is 0 Å². The van der Waals surface area contributed by atoms with E-state index in [9.17, 15) is 8.78 Å². The monoisotopic (exact) mass is 360 g/mol. The lowest BCUT2D eigenvalue weighted by Gasteiger charge is -2.43. The van der Waals surface area contributed by atoms with Gasteiger partial charge in [-0.2, -0.15) is 0 Å². The molecule has 0 saturated carbocycles. The zero-order valence-corrected chi connectivity index (χ0v) is 14.4. The number of nitrogens with zero attached hydrogens (tertiary/aromatic N) is 1. The highest BCUT2D eigenvalue weighted by atomic mass is 79.9. The van der Waals surface area contributed by atoms with Crippen molar-refractivity contribution in [3.8, 4) is 0 Å². The third kappa shape index (κ3) is 3.30. The molecule has 0 aromatic heterocycles. The topological polar surface area (TPSA) is 15.3 Å². The van der Waals surface area contributed by atoms with Crippen LogP contribution in [0.2, 0.25) is 0 Å². The predicted molar refractivity (Wildman–Crippen MR) is 85.4 cm³/mol. The highest BCUT2D eigenvalue weighted by Crippen LogP contribution is 2.37. The maximum absolute atomic E-state index is 14.5. The molecular weight excluding hydrogens is 338 g/mol. The molecule has 0 aliphatic carbocycles. The minimum Gasteiger partial charge on any atom is -0.309 e. The van der Waals surface area contributed by atoms with E-state index in [1.54, 1.807) is 0 Å². The van der Waals surface area contributed by atoms with E-state index in [0.29, 0.717) is 11.0 Å². The molecular formula is C16H23BrF2N2. The van der Waals surface area contributed by atoms with Gasteiger partial charge in [0.15, 0.2) is 0 Å². The van der Waals surface area contributed by atoms with Crippen molar-refractivity contribution in [2.45, 2.75) is 45.2 Å². The van der Waals surface area contributed by atoms with Crippen LogP contribution < -0.4 is 5.32 Å². The summed E-state index contributed by atoms with van der Waals surface area (Å²) in [6.07, 6.45) is 2.29. The molecule has 1 aromatic rings. The minimum absolute atomic E-state index is 0.128. The lowest BCUT2D eigenvalue weighted by atomic mass is 9.86. The first-order valence-electron chi connectivity index (χ1n) is 7.51. The van der Waals surface area contributed by atoms with Crippen molar-refractivity contribution in [3.05, 3.63) is 33.8 Å². The minimum atomic E-state index is -0.506. The standard InChI is InChI=1S/C16H23BrF2N2/c1-4-20-15(16(2,3)21-9-5-6-10-21)13-12(18)8-7-11(17)14(13)19/h7-8,15,20H,4-6,9-10H2,1-3H3. The first kappa shape index (κ1) is 16.8. The van der Waals surface area contributed by atoms with E-state index in [0.717, 1.165) is 25.9 Å². The second-order valence-corrected chi connectivity index (χ2v) is 6.95. The molecule has 1 atom stereocenters.